The van der Waals surface area contributed by atoms with Crippen LogP contribution in [0.5, 0.6) is 0 Å². The van der Waals surface area contributed by atoms with Crippen LogP contribution in [0.2, 0.25) is 0 Å². The molecule has 4 rings (SSSR count). The summed E-state index contributed by atoms with van der Waals surface area (Å²) in [6, 6.07) is 0. The molecule has 0 aromatic rings. The van der Waals surface area contributed by atoms with E-state index < -0.39 is 11.0 Å². The summed E-state index contributed by atoms with van der Waals surface area (Å²) in [5.74, 6) is 1.03. The van der Waals surface area contributed by atoms with Crippen LogP contribution in [0.1, 0.15) is 59.3 Å². The number of hydrogen-bond donors (Lipinski definition) is 1. The van der Waals surface area contributed by atoms with E-state index in [1.165, 1.54) is 6.92 Å². The molecule has 3 nitrogen and oxygen atoms in total. The average molecular weight is 354 g/mol. The van der Waals surface area contributed by atoms with Gasteiger partial charge in [0.25, 0.3) is 0 Å². The maximum Gasteiger partial charge on any atom is 0.162 e. The molecular formula is C23H30O3. The first-order valence-corrected chi connectivity index (χ1v) is 9.89. The number of carbonyl (C=O) groups excluding carboxylic acids is 2. The highest BCUT2D eigenvalue weighted by atomic mass is 16.3. The van der Waals surface area contributed by atoms with Crippen LogP contribution >= 0.6 is 0 Å². The van der Waals surface area contributed by atoms with Crippen LogP contribution in [0.3, 0.4) is 0 Å². The molecule has 0 saturated heterocycles. The van der Waals surface area contributed by atoms with Crippen LogP contribution in [0.4, 0.5) is 0 Å². The van der Waals surface area contributed by atoms with Gasteiger partial charge in [-0.25, -0.2) is 0 Å². The van der Waals surface area contributed by atoms with Gasteiger partial charge in [-0.2, -0.15) is 0 Å². The van der Waals surface area contributed by atoms with Gasteiger partial charge in [-0.1, -0.05) is 38.2 Å². The predicted octanol–water partition coefficient (Wildman–Crippen LogP) is 4.17. The van der Waals surface area contributed by atoms with Crippen LogP contribution in [0, 0.1) is 28.6 Å². The average Bonchev–Trinajstić information content (AvgIpc) is 2.77. The molecule has 3 saturated carbocycles. The van der Waals surface area contributed by atoms with Crippen molar-refractivity contribution in [2.75, 3.05) is 0 Å². The lowest BCUT2D eigenvalue weighted by Crippen LogP contribution is -2.57. The monoisotopic (exact) mass is 354 g/mol. The number of fused-ring (bicyclic) bond motifs is 5. The molecule has 3 fully saturated rings. The Balaban J connectivity index is 1.80. The van der Waals surface area contributed by atoms with E-state index in [1.807, 2.05) is 6.08 Å². The van der Waals surface area contributed by atoms with Crippen molar-refractivity contribution in [2.24, 2.45) is 28.6 Å². The number of carbonyl (C=O) groups is 2. The highest BCUT2D eigenvalue weighted by molar-refractivity contribution is 5.92. The quantitative estimate of drug-likeness (QED) is 0.719. The molecule has 6 atom stereocenters. The normalized spacial score (nSPS) is 47.8. The zero-order chi connectivity index (χ0) is 19.1. The van der Waals surface area contributed by atoms with E-state index in [2.05, 4.69) is 27.0 Å². The minimum Gasteiger partial charge on any atom is -0.381 e. The smallest absolute Gasteiger partial charge is 0.162 e. The minimum absolute atomic E-state index is 0.0214. The fraction of sp³-hybridized carbons (Fsp3) is 0.652. The van der Waals surface area contributed by atoms with Gasteiger partial charge in [-0.3, -0.25) is 9.59 Å². The Kier molecular flexibility index (Phi) is 3.64. The van der Waals surface area contributed by atoms with Crippen LogP contribution in [-0.2, 0) is 9.59 Å². The Hall–Kier alpha value is -1.48. The Morgan fingerprint density at radius 3 is 2.62 bits per heavy atom. The van der Waals surface area contributed by atoms with E-state index >= 15 is 0 Å². The fourth-order valence-corrected chi connectivity index (χ4v) is 7.17. The number of hydrogen-bond acceptors (Lipinski definition) is 3. The molecule has 0 bridgehead atoms. The lowest BCUT2D eigenvalue weighted by atomic mass is 9.45. The molecule has 0 radical (unpaired) electrons. The molecule has 3 heteroatoms. The molecule has 0 spiro atoms. The summed E-state index contributed by atoms with van der Waals surface area (Å²) in [5, 5.41) is 11.3. The van der Waals surface area contributed by atoms with Gasteiger partial charge in [0.15, 0.2) is 11.6 Å². The Labute approximate surface area is 156 Å². The maximum absolute atomic E-state index is 12.4. The third kappa shape index (κ3) is 1.98. The zero-order valence-electron chi connectivity index (χ0n) is 16.2. The molecule has 0 aliphatic heterocycles. The van der Waals surface area contributed by atoms with E-state index in [0.29, 0.717) is 24.7 Å². The third-order valence-electron chi connectivity index (χ3n) is 8.55. The van der Waals surface area contributed by atoms with Crippen LogP contribution in [0.15, 0.2) is 36.0 Å². The number of Topliss-reactive ketones (excluding diaryl/α,β-unsaturated/α-hetero) is 1. The molecule has 4 aliphatic rings. The van der Waals surface area contributed by atoms with Crippen molar-refractivity contribution in [3.63, 3.8) is 0 Å². The number of rotatable bonds is 1. The van der Waals surface area contributed by atoms with Gasteiger partial charge in [-0.05, 0) is 67.4 Å². The van der Waals surface area contributed by atoms with Gasteiger partial charge in [0.1, 0.15) is 5.60 Å². The van der Waals surface area contributed by atoms with E-state index in [-0.39, 0.29) is 22.9 Å². The van der Waals surface area contributed by atoms with Gasteiger partial charge in [0, 0.05) is 18.3 Å². The third-order valence-corrected chi connectivity index (χ3v) is 8.55. The van der Waals surface area contributed by atoms with Crippen LogP contribution in [-0.4, -0.2) is 22.3 Å². The summed E-state index contributed by atoms with van der Waals surface area (Å²) in [4.78, 5) is 24.4. The van der Waals surface area contributed by atoms with Crippen LogP contribution in [0.25, 0.3) is 0 Å². The van der Waals surface area contributed by atoms with E-state index in [1.54, 1.807) is 0 Å². The second-order valence-electron chi connectivity index (χ2n) is 9.71. The summed E-state index contributed by atoms with van der Waals surface area (Å²) in [6.45, 7) is 14.5. The second kappa shape index (κ2) is 5.28. The summed E-state index contributed by atoms with van der Waals surface area (Å²) < 4.78 is 0. The molecular weight excluding hydrogens is 324 g/mol. The van der Waals surface area contributed by atoms with E-state index in [0.717, 1.165) is 42.4 Å². The zero-order valence-corrected chi connectivity index (χ0v) is 16.2. The Morgan fingerprint density at radius 2 is 1.96 bits per heavy atom. The molecule has 0 amide bonds. The lowest BCUT2D eigenvalue weighted by Gasteiger charge is -2.59. The van der Waals surface area contributed by atoms with Crippen LogP contribution < -0.4 is 0 Å². The summed E-state index contributed by atoms with van der Waals surface area (Å²) in [7, 11) is 0. The first-order chi connectivity index (χ1) is 12.0. The maximum atomic E-state index is 12.4. The summed E-state index contributed by atoms with van der Waals surface area (Å²) >= 11 is 0. The van der Waals surface area contributed by atoms with Crippen molar-refractivity contribution < 1.29 is 14.7 Å². The topological polar surface area (TPSA) is 54.4 Å². The second-order valence-corrected chi connectivity index (χ2v) is 9.71. The summed E-state index contributed by atoms with van der Waals surface area (Å²) in [5.41, 5.74) is 1.49. The molecule has 140 valence electrons. The van der Waals surface area contributed by atoms with E-state index in [9.17, 15) is 14.7 Å². The van der Waals surface area contributed by atoms with Crippen molar-refractivity contribution in [2.45, 2.75) is 64.9 Å². The highest BCUT2D eigenvalue weighted by Gasteiger charge is 2.67. The first kappa shape index (κ1) is 17.9. The van der Waals surface area contributed by atoms with Gasteiger partial charge < -0.3 is 5.11 Å². The van der Waals surface area contributed by atoms with Gasteiger partial charge in [0.2, 0.25) is 0 Å². The van der Waals surface area contributed by atoms with Gasteiger partial charge in [0.05, 0.1) is 0 Å². The van der Waals surface area contributed by atoms with Gasteiger partial charge in [-0.15, -0.1) is 0 Å². The molecule has 0 unspecified atom stereocenters. The molecule has 0 aromatic heterocycles. The number of aliphatic hydroxyl groups is 1. The summed E-state index contributed by atoms with van der Waals surface area (Å²) in [6.07, 6.45) is 6.36. The molecule has 0 aromatic carbocycles. The predicted molar refractivity (Wildman–Crippen MR) is 101 cm³/mol. The largest absolute Gasteiger partial charge is 0.381 e. The number of allylic oxidation sites excluding steroid dienone is 2. The van der Waals surface area contributed by atoms with Crippen molar-refractivity contribution in [1.82, 2.24) is 0 Å². The first-order valence-electron chi connectivity index (χ1n) is 9.89. The standard InChI is InChI=1S/C23H30O3/c1-13-10-17-18(21(4)8-6-16(25)11-19(13)21)7-9-22(5)20(17)14(2)12-23(22,26)15(3)24/h11,17-18,20,26H,1-2,6-10,12H2,3-5H3/t17-,18+,20+,21-,22+,23+/m1/s1. The molecule has 4 aliphatic carbocycles. The van der Waals surface area contributed by atoms with Crippen molar-refractivity contribution in [3.8, 4) is 0 Å². The minimum atomic E-state index is -1.29. The fourth-order valence-electron chi connectivity index (χ4n) is 7.17. The van der Waals surface area contributed by atoms with Crippen molar-refractivity contribution >= 4 is 11.6 Å². The molecule has 1 N–H and O–H groups in total. The number of ketones is 2. The molecule has 26 heavy (non-hydrogen) atoms. The molecule has 0 heterocycles. The van der Waals surface area contributed by atoms with Gasteiger partial charge >= 0.3 is 0 Å². The Bertz CT molecular complexity index is 774. The SMILES string of the molecule is C=C1C[C@@H]2[C@H](CC[C@@]3(C)[C@H]2C(=C)C[C@]3(O)C(C)=O)[C@@]2(C)CCC(=O)C=C12. The van der Waals surface area contributed by atoms with Crippen molar-refractivity contribution in [1.29, 1.82) is 0 Å². The van der Waals surface area contributed by atoms with Crippen molar-refractivity contribution in [3.05, 3.63) is 36.0 Å². The lowest BCUT2D eigenvalue weighted by molar-refractivity contribution is -0.158. The Morgan fingerprint density at radius 1 is 1.27 bits per heavy atom. The highest BCUT2D eigenvalue weighted by Crippen LogP contribution is 2.69. The van der Waals surface area contributed by atoms with E-state index in [4.69, 9.17) is 0 Å².